The SMILES string of the molecule is CC=CCC(=O)C(=O)[O-]. The maximum absolute atomic E-state index is 10.2. The maximum atomic E-state index is 10.2. The molecule has 0 amide bonds. The maximum Gasteiger partial charge on any atom is 0.182 e. The monoisotopic (exact) mass is 127 g/mol. The Morgan fingerprint density at radius 2 is 2.11 bits per heavy atom. The Morgan fingerprint density at radius 1 is 1.56 bits per heavy atom. The fourth-order valence-corrected chi connectivity index (χ4v) is 0.308. The molecule has 0 radical (unpaired) electrons. The van der Waals surface area contributed by atoms with E-state index in [0.717, 1.165) is 0 Å². The van der Waals surface area contributed by atoms with Gasteiger partial charge in [-0.2, -0.15) is 0 Å². The van der Waals surface area contributed by atoms with Gasteiger partial charge in [0.1, 0.15) is 5.97 Å². The van der Waals surface area contributed by atoms with E-state index in [9.17, 15) is 14.7 Å². The molecule has 0 rings (SSSR count). The molecule has 50 valence electrons. The number of hydrogen-bond acceptors (Lipinski definition) is 3. The first-order valence-electron chi connectivity index (χ1n) is 2.53. The summed E-state index contributed by atoms with van der Waals surface area (Å²) < 4.78 is 0. The molecule has 0 aromatic carbocycles. The van der Waals surface area contributed by atoms with Gasteiger partial charge in [-0.05, 0) is 6.92 Å². The van der Waals surface area contributed by atoms with Crippen molar-refractivity contribution in [1.29, 1.82) is 0 Å². The third-order valence-corrected chi connectivity index (χ3v) is 0.767. The van der Waals surface area contributed by atoms with Crippen LogP contribution in [0.15, 0.2) is 12.2 Å². The van der Waals surface area contributed by atoms with E-state index >= 15 is 0 Å². The number of ketones is 1. The molecule has 0 atom stereocenters. The van der Waals surface area contributed by atoms with Crippen LogP contribution in [0.4, 0.5) is 0 Å². The summed E-state index contributed by atoms with van der Waals surface area (Å²) in [4.78, 5) is 19.9. The molecule has 0 aliphatic rings. The molecule has 0 saturated heterocycles. The highest BCUT2D eigenvalue weighted by atomic mass is 16.4. The van der Waals surface area contributed by atoms with E-state index in [1.807, 2.05) is 0 Å². The molecule has 0 N–H and O–H groups in total. The largest absolute Gasteiger partial charge is 0.542 e. The number of carboxylic acid groups (broad SMARTS) is 1. The van der Waals surface area contributed by atoms with Crippen molar-refractivity contribution in [2.24, 2.45) is 0 Å². The zero-order valence-corrected chi connectivity index (χ0v) is 5.09. The molecule has 0 heterocycles. The van der Waals surface area contributed by atoms with Crippen LogP contribution in [0.3, 0.4) is 0 Å². The van der Waals surface area contributed by atoms with Gasteiger partial charge in [-0.25, -0.2) is 0 Å². The molecule has 0 saturated carbocycles. The van der Waals surface area contributed by atoms with Crippen LogP contribution in [-0.4, -0.2) is 11.8 Å². The van der Waals surface area contributed by atoms with Crippen LogP contribution >= 0.6 is 0 Å². The minimum Gasteiger partial charge on any atom is -0.542 e. The number of aliphatic carboxylic acids is 1. The lowest BCUT2D eigenvalue weighted by molar-refractivity contribution is -0.299. The van der Waals surface area contributed by atoms with E-state index in [0.29, 0.717) is 0 Å². The standard InChI is InChI=1S/C6H8O3/c1-2-3-4-5(7)6(8)9/h2-3H,4H2,1H3,(H,8,9)/p-1. The van der Waals surface area contributed by atoms with Crippen molar-refractivity contribution >= 4 is 11.8 Å². The van der Waals surface area contributed by atoms with Gasteiger partial charge in [0.2, 0.25) is 0 Å². The van der Waals surface area contributed by atoms with Gasteiger partial charge < -0.3 is 9.90 Å². The van der Waals surface area contributed by atoms with Gasteiger partial charge >= 0.3 is 0 Å². The summed E-state index contributed by atoms with van der Waals surface area (Å²) in [5, 5.41) is 9.71. The van der Waals surface area contributed by atoms with Crippen molar-refractivity contribution in [3.63, 3.8) is 0 Å². The predicted octanol–water partition coefficient (Wildman–Crippen LogP) is -0.728. The topological polar surface area (TPSA) is 57.2 Å². The van der Waals surface area contributed by atoms with Crippen LogP contribution < -0.4 is 5.11 Å². The second-order valence-corrected chi connectivity index (χ2v) is 1.48. The summed E-state index contributed by atoms with van der Waals surface area (Å²) in [6.45, 7) is 1.71. The minimum atomic E-state index is -1.62. The van der Waals surface area contributed by atoms with Crippen LogP contribution in [-0.2, 0) is 9.59 Å². The number of hydrogen-bond donors (Lipinski definition) is 0. The van der Waals surface area contributed by atoms with E-state index in [1.54, 1.807) is 13.0 Å². The van der Waals surface area contributed by atoms with Crippen LogP contribution in [0.1, 0.15) is 13.3 Å². The molecule has 0 aromatic heterocycles. The van der Waals surface area contributed by atoms with Crippen LogP contribution in [0.5, 0.6) is 0 Å². The summed E-state index contributed by atoms with van der Waals surface area (Å²) >= 11 is 0. The number of allylic oxidation sites excluding steroid dienone is 2. The van der Waals surface area contributed by atoms with Crippen molar-refractivity contribution in [2.75, 3.05) is 0 Å². The van der Waals surface area contributed by atoms with Gasteiger partial charge in [-0.1, -0.05) is 12.2 Å². The molecule has 0 aromatic rings. The van der Waals surface area contributed by atoms with Crippen molar-refractivity contribution < 1.29 is 14.7 Å². The molecule has 0 fully saturated rings. The average molecular weight is 127 g/mol. The van der Waals surface area contributed by atoms with Crippen molar-refractivity contribution in [1.82, 2.24) is 0 Å². The number of carbonyl (C=O) groups excluding carboxylic acids is 2. The lowest BCUT2D eigenvalue weighted by Gasteiger charge is -1.93. The lowest BCUT2D eigenvalue weighted by Crippen LogP contribution is -2.30. The van der Waals surface area contributed by atoms with E-state index in [1.165, 1.54) is 6.08 Å². The van der Waals surface area contributed by atoms with Gasteiger partial charge in [-0.15, -0.1) is 0 Å². The smallest absolute Gasteiger partial charge is 0.182 e. The molecule has 0 aliphatic heterocycles. The van der Waals surface area contributed by atoms with Crippen molar-refractivity contribution in [3.05, 3.63) is 12.2 Å². The number of Topliss-reactive ketones (excluding diaryl/α,β-unsaturated/α-hetero) is 1. The van der Waals surface area contributed by atoms with Gasteiger partial charge in [-0.3, -0.25) is 4.79 Å². The lowest BCUT2D eigenvalue weighted by atomic mass is 10.3. The second-order valence-electron chi connectivity index (χ2n) is 1.48. The Morgan fingerprint density at radius 3 is 2.44 bits per heavy atom. The minimum absolute atomic E-state index is 0.0706. The van der Waals surface area contributed by atoms with Gasteiger partial charge in [0, 0.05) is 6.42 Å². The zero-order valence-electron chi connectivity index (χ0n) is 5.09. The highest BCUT2D eigenvalue weighted by molar-refractivity contribution is 6.31. The van der Waals surface area contributed by atoms with Crippen molar-refractivity contribution in [2.45, 2.75) is 13.3 Å². The van der Waals surface area contributed by atoms with Crippen LogP contribution in [0, 0.1) is 0 Å². The summed E-state index contributed by atoms with van der Waals surface area (Å²) in [6.07, 6.45) is 3.01. The molecular weight excluding hydrogens is 120 g/mol. The predicted molar refractivity (Wildman–Crippen MR) is 29.4 cm³/mol. The Labute approximate surface area is 53.0 Å². The normalized spacial score (nSPS) is 9.89. The highest BCUT2D eigenvalue weighted by Gasteiger charge is 1.96. The second kappa shape index (κ2) is 3.83. The van der Waals surface area contributed by atoms with Crippen LogP contribution in [0.2, 0.25) is 0 Å². The third kappa shape index (κ3) is 3.46. The van der Waals surface area contributed by atoms with E-state index in [-0.39, 0.29) is 6.42 Å². The molecule has 0 aliphatic carbocycles. The third-order valence-electron chi connectivity index (χ3n) is 0.767. The summed E-state index contributed by atoms with van der Waals surface area (Å²) in [5.74, 6) is -2.50. The highest BCUT2D eigenvalue weighted by Crippen LogP contribution is 1.82. The van der Waals surface area contributed by atoms with E-state index in [2.05, 4.69) is 0 Å². The summed E-state index contributed by atoms with van der Waals surface area (Å²) in [5.41, 5.74) is 0. The number of carbonyl (C=O) groups is 2. The van der Waals surface area contributed by atoms with Crippen molar-refractivity contribution in [3.8, 4) is 0 Å². The molecule has 0 unspecified atom stereocenters. The summed E-state index contributed by atoms with van der Waals surface area (Å²) in [7, 11) is 0. The quantitative estimate of drug-likeness (QED) is 0.371. The van der Waals surface area contributed by atoms with Gasteiger partial charge in [0.15, 0.2) is 5.78 Å². The van der Waals surface area contributed by atoms with Crippen LogP contribution in [0.25, 0.3) is 0 Å². The Hall–Kier alpha value is -1.12. The van der Waals surface area contributed by atoms with E-state index in [4.69, 9.17) is 0 Å². The van der Waals surface area contributed by atoms with Gasteiger partial charge in [0.05, 0.1) is 0 Å². The molecular formula is C6H7O3-. The Balaban J connectivity index is 3.65. The molecule has 3 nitrogen and oxygen atoms in total. The molecule has 3 heteroatoms. The first-order valence-corrected chi connectivity index (χ1v) is 2.53. The van der Waals surface area contributed by atoms with E-state index < -0.39 is 11.8 Å². The number of carboxylic acids is 1. The molecule has 0 bridgehead atoms. The average Bonchev–Trinajstić information content (AvgIpc) is 1.82. The number of rotatable bonds is 3. The Bertz CT molecular complexity index is 146. The first-order chi connectivity index (χ1) is 4.18. The summed E-state index contributed by atoms with van der Waals surface area (Å²) in [6, 6.07) is 0. The van der Waals surface area contributed by atoms with Gasteiger partial charge in [0.25, 0.3) is 0 Å². The fourth-order valence-electron chi connectivity index (χ4n) is 0.308. The fraction of sp³-hybridized carbons (Fsp3) is 0.333. The zero-order chi connectivity index (χ0) is 7.28. The Kier molecular flexibility index (Phi) is 3.35. The first kappa shape index (κ1) is 7.88. The molecule has 9 heavy (non-hydrogen) atoms. The molecule has 0 spiro atoms.